The van der Waals surface area contributed by atoms with Gasteiger partial charge in [0.1, 0.15) is 5.82 Å². The highest BCUT2D eigenvalue weighted by Crippen LogP contribution is 2.57. The minimum absolute atomic E-state index is 0.110. The minimum Gasteiger partial charge on any atom is -0.313 e. The van der Waals surface area contributed by atoms with Gasteiger partial charge in [-0.1, -0.05) is 22.4 Å². The van der Waals surface area contributed by atoms with Crippen molar-refractivity contribution in [1.82, 2.24) is 5.32 Å². The maximum atomic E-state index is 13.6. The van der Waals surface area contributed by atoms with Crippen LogP contribution in [0.2, 0.25) is 0 Å². The van der Waals surface area contributed by atoms with Crippen LogP contribution in [-0.4, -0.2) is 12.6 Å². The SMILES string of the molecule is Fc1ccc(Br)c(CC2(CNC3CC3)CC3CCC2C3)c1. The van der Waals surface area contributed by atoms with Gasteiger partial charge in [-0.2, -0.15) is 0 Å². The molecule has 114 valence electrons. The van der Waals surface area contributed by atoms with Gasteiger partial charge in [-0.25, -0.2) is 4.39 Å². The van der Waals surface area contributed by atoms with E-state index in [0.29, 0.717) is 5.41 Å². The Morgan fingerprint density at radius 2 is 2.10 bits per heavy atom. The van der Waals surface area contributed by atoms with Gasteiger partial charge in [0.15, 0.2) is 0 Å². The van der Waals surface area contributed by atoms with Gasteiger partial charge >= 0.3 is 0 Å². The van der Waals surface area contributed by atoms with Crippen molar-refractivity contribution in [3.8, 4) is 0 Å². The molecular weight excluding hydrogens is 329 g/mol. The summed E-state index contributed by atoms with van der Waals surface area (Å²) in [7, 11) is 0. The van der Waals surface area contributed by atoms with E-state index >= 15 is 0 Å². The Kier molecular flexibility index (Phi) is 3.61. The summed E-state index contributed by atoms with van der Waals surface area (Å²) in [6, 6.07) is 5.90. The standard InChI is InChI=1S/C18H23BrFN/c19-17-6-3-15(20)8-13(17)10-18(11-21-16-4-5-16)9-12-1-2-14(18)7-12/h3,6,8,12,14,16,21H,1-2,4-5,7,9-11H2. The van der Waals surface area contributed by atoms with E-state index in [1.807, 2.05) is 6.07 Å². The molecule has 3 unspecified atom stereocenters. The van der Waals surface area contributed by atoms with Crippen LogP contribution in [0.25, 0.3) is 0 Å². The van der Waals surface area contributed by atoms with Crippen molar-refractivity contribution in [2.45, 2.75) is 51.0 Å². The molecule has 3 heteroatoms. The van der Waals surface area contributed by atoms with E-state index in [1.165, 1.54) is 38.5 Å². The number of rotatable bonds is 5. The van der Waals surface area contributed by atoms with E-state index in [-0.39, 0.29) is 5.82 Å². The molecule has 3 atom stereocenters. The van der Waals surface area contributed by atoms with E-state index in [9.17, 15) is 4.39 Å². The van der Waals surface area contributed by atoms with Crippen molar-refractivity contribution in [3.05, 3.63) is 34.1 Å². The number of halogens is 2. The Balaban J connectivity index is 1.58. The maximum absolute atomic E-state index is 13.6. The summed E-state index contributed by atoms with van der Waals surface area (Å²) in [6.45, 7) is 1.13. The van der Waals surface area contributed by atoms with E-state index in [4.69, 9.17) is 0 Å². The molecule has 0 radical (unpaired) electrons. The van der Waals surface area contributed by atoms with Crippen LogP contribution in [0.1, 0.15) is 44.1 Å². The van der Waals surface area contributed by atoms with Gasteiger partial charge in [0.2, 0.25) is 0 Å². The molecule has 0 aromatic heterocycles. The van der Waals surface area contributed by atoms with Gasteiger partial charge in [-0.3, -0.25) is 0 Å². The first-order valence-electron chi connectivity index (χ1n) is 8.32. The zero-order valence-corrected chi connectivity index (χ0v) is 14.0. The highest BCUT2D eigenvalue weighted by atomic mass is 79.9. The summed E-state index contributed by atoms with van der Waals surface area (Å²) in [5.74, 6) is 1.65. The molecule has 1 aromatic carbocycles. The lowest BCUT2D eigenvalue weighted by molar-refractivity contribution is 0.155. The molecule has 0 heterocycles. The summed E-state index contributed by atoms with van der Waals surface area (Å²) in [4.78, 5) is 0. The lowest BCUT2D eigenvalue weighted by atomic mass is 9.69. The smallest absolute Gasteiger partial charge is 0.123 e. The molecule has 21 heavy (non-hydrogen) atoms. The third-order valence-electron chi connectivity index (χ3n) is 5.97. The van der Waals surface area contributed by atoms with E-state index in [1.54, 1.807) is 12.1 Å². The average molecular weight is 352 g/mol. The molecule has 0 aliphatic heterocycles. The molecule has 0 saturated heterocycles. The van der Waals surface area contributed by atoms with Crippen LogP contribution < -0.4 is 5.32 Å². The number of nitrogens with one attached hydrogen (secondary N) is 1. The quantitative estimate of drug-likeness (QED) is 0.811. The largest absolute Gasteiger partial charge is 0.313 e. The first-order valence-corrected chi connectivity index (χ1v) is 9.11. The van der Waals surface area contributed by atoms with Gasteiger partial charge in [-0.05, 0) is 79.5 Å². The summed E-state index contributed by atoms with van der Waals surface area (Å²) >= 11 is 3.62. The van der Waals surface area contributed by atoms with Crippen molar-refractivity contribution < 1.29 is 4.39 Å². The number of hydrogen-bond acceptors (Lipinski definition) is 1. The van der Waals surface area contributed by atoms with Gasteiger partial charge in [0, 0.05) is 17.1 Å². The second-order valence-electron chi connectivity index (χ2n) is 7.51. The van der Waals surface area contributed by atoms with Crippen LogP contribution >= 0.6 is 15.9 Å². The van der Waals surface area contributed by atoms with E-state index in [2.05, 4.69) is 21.2 Å². The molecule has 3 saturated carbocycles. The minimum atomic E-state index is -0.110. The Labute approximate surface area is 134 Å². The molecule has 0 amide bonds. The van der Waals surface area contributed by atoms with Crippen LogP contribution in [0.5, 0.6) is 0 Å². The van der Waals surface area contributed by atoms with Gasteiger partial charge < -0.3 is 5.32 Å². The lowest BCUT2D eigenvalue weighted by Crippen LogP contribution is -2.41. The van der Waals surface area contributed by atoms with Crippen LogP contribution in [0.3, 0.4) is 0 Å². The van der Waals surface area contributed by atoms with Crippen LogP contribution in [-0.2, 0) is 6.42 Å². The molecule has 0 spiro atoms. The van der Waals surface area contributed by atoms with E-state index < -0.39 is 0 Å². The average Bonchev–Trinajstić information content (AvgIpc) is 3.09. The Morgan fingerprint density at radius 1 is 1.24 bits per heavy atom. The monoisotopic (exact) mass is 351 g/mol. The molecule has 2 bridgehead atoms. The molecular formula is C18H23BrFN. The van der Waals surface area contributed by atoms with Crippen molar-refractivity contribution in [2.24, 2.45) is 17.3 Å². The van der Waals surface area contributed by atoms with E-state index in [0.717, 1.165) is 40.9 Å². The predicted octanol–water partition coefficient (Wildman–Crippen LogP) is 4.69. The second kappa shape index (κ2) is 5.34. The zero-order valence-electron chi connectivity index (χ0n) is 12.4. The summed E-state index contributed by atoms with van der Waals surface area (Å²) in [5.41, 5.74) is 1.52. The first kappa shape index (κ1) is 14.2. The lowest BCUT2D eigenvalue weighted by Gasteiger charge is -2.39. The first-order chi connectivity index (χ1) is 10.1. The summed E-state index contributed by atoms with van der Waals surface area (Å²) in [6.07, 6.45) is 9.23. The van der Waals surface area contributed by atoms with Crippen molar-refractivity contribution >= 4 is 15.9 Å². The Morgan fingerprint density at radius 3 is 2.76 bits per heavy atom. The number of hydrogen-bond donors (Lipinski definition) is 1. The van der Waals surface area contributed by atoms with Crippen LogP contribution in [0.4, 0.5) is 4.39 Å². The molecule has 3 aliphatic rings. The highest BCUT2D eigenvalue weighted by molar-refractivity contribution is 9.10. The van der Waals surface area contributed by atoms with Crippen molar-refractivity contribution in [1.29, 1.82) is 0 Å². The molecule has 1 aromatic rings. The molecule has 1 nitrogen and oxygen atoms in total. The second-order valence-corrected chi connectivity index (χ2v) is 8.36. The predicted molar refractivity (Wildman–Crippen MR) is 86.7 cm³/mol. The fraction of sp³-hybridized carbons (Fsp3) is 0.667. The molecule has 3 fully saturated rings. The Hall–Kier alpha value is -0.410. The third kappa shape index (κ3) is 2.79. The van der Waals surface area contributed by atoms with Crippen LogP contribution in [0, 0.1) is 23.1 Å². The molecule has 3 aliphatic carbocycles. The Bertz CT molecular complexity index is 542. The zero-order chi connectivity index (χ0) is 14.4. The van der Waals surface area contributed by atoms with Gasteiger partial charge in [0.25, 0.3) is 0 Å². The highest BCUT2D eigenvalue weighted by Gasteiger charge is 2.50. The third-order valence-corrected chi connectivity index (χ3v) is 6.75. The van der Waals surface area contributed by atoms with Gasteiger partial charge in [-0.15, -0.1) is 0 Å². The molecule has 1 N–H and O–H groups in total. The summed E-state index contributed by atoms with van der Waals surface area (Å²) in [5, 5.41) is 3.77. The van der Waals surface area contributed by atoms with Crippen molar-refractivity contribution in [2.75, 3.05) is 6.54 Å². The number of fused-ring (bicyclic) bond motifs is 2. The summed E-state index contributed by atoms with van der Waals surface area (Å²) < 4.78 is 14.7. The number of benzene rings is 1. The van der Waals surface area contributed by atoms with Crippen LogP contribution in [0.15, 0.2) is 22.7 Å². The van der Waals surface area contributed by atoms with Gasteiger partial charge in [0.05, 0.1) is 0 Å². The maximum Gasteiger partial charge on any atom is 0.123 e. The fourth-order valence-electron chi connectivity index (χ4n) is 4.75. The normalized spacial score (nSPS) is 34.6. The van der Waals surface area contributed by atoms with Crippen molar-refractivity contribution in [3.63, 3.8) is 0 Å². The topological polar surface area (TPSA) is 12.0 Å². The fourth-order valence-corrected chi connectivity index (χ4v) is 5.13. The molecule has 4 rings (SSSR count).